The minimum absolute atomic E-state index is 0.0118. The molecule has 3 rings (SSSR count). The van der Waals surface area contributed by atoms with Crippen LogP contribution in [-0.2, 0) is 9.53 Å². The van der Waals surface area contributed by atoms with Crippen molar-refractivity contribution in [3.8, 4) is 0 Å². The van der Waals surface area contributed by atoms with E-state index in [0.717, 1.165) is 12.0 Å². The summed E-state index contributed by atoms with van der Waals surface area (Å²) in [5.41, 5.74) is 1.11. The molecule has 1 saturated heterocycles. The Bertz CT molecular complexity index is 548. The van der Waals surface area contributed by atoms with Gasteiger partial charge < -0.3 is 4.74 Å². The summed E-state index contributed by atoms with van der Waals surface area (Å²) in [4.78, 5) is 12.3. The molecule has 0 aromatic heterocycles. The van der Waals surface area contributed by atoms with Crippen molar-refractivity contribution in [2.45, 2.75) is 65.1 Å². The van der Waals surface area contributed by atoms with Crippen LogP contribution in [0.4, 0.5) is 0 Å². The topological polar surface area (TPSA) is 26.3 Å². The van der Waals surface area contributed by atoms with Crippen LogP contribution >= 0.6 is 0 Å². The molecule has 0 bridgehead atoms. The van der Waals surface area contributed by atoms with Gasteiger partial charge in [-0.25, -0.2) is 0 Å². The van der Waals surface area contributed by atoms with E-state index in [1.165, 1.54) is 19.3 Å². The van der Waals surface area contributed by atoms with Crippen LogP contribution in [-0.4, -0.2) is 11.4 Å². The predicted octanol–water partition coefficient (Wildman–Crippen LogP) is 4.94. The van der Waals surface area contributed by atoms with Crippen LogP contribution in [0.3, 0.4) is 0 Å². The highest BCUT2D eigenvalue weighted by Gasteiger charge is 2.59. The molecule has 22 heavy (non-hydrogen) atoms. The molecule has 2 nitrogen and oxygen atoms in total. The molecule has 1 aliphatic heterocycles. The lowest BCUT2D eigenvalue weighted by molar-refractivity contribution is -0.168. The molecule has 0 N–H and O–H groups in total. The van der Waals surface area contributed by atoms with Crippen LogP contribution < -0.4 is 0 Å². The van der Waals surface area contributed by atoms with Crippen molar-refractivity contribution in [3.63, 3.8) is 0 Å². The van der Waals surface area contributed by atoms with Crippen LogP contribution in [0.15, 0.2) is 30.3 Å². The van der Waals surface area contributed by atoms with E-state index in [1.807, 2.05) is 18.2 Å². The Labute approximate surface area is 134 Å². The summed E-state index contributed by atoms with van der Waals surface area (Å²) < 4.78 is 6.76. The number of Topliss-reactive ketones (excluding diaryl/α,β-unsaturated/α-hetero) is 1. The monoisotopic (exact) mass is 300 g/mol. The van der Waals surface area contributed by atoms with Gasteiger partial charge in [-0.2, -0.15) is 0 Å². The van der Waals surface area contributed by atoms with Gasteiger partial charge in [0.05, 0.1) is 17.6 Å². The summed E-state index contributed by atoms with van der Waals surface area (Å²) in [5.74, 6) is 0.758. The molecular formula is C20H28O2. The van der Waals surface area contributed by atoms with Crippen molar-refractivity contribution < 1.29 is 9.53 Å². The first kappa shape index (κ1) is 15.7. The van der Waals surface area contributed by atoms with Gasteiger partial charge in [-0.05, 0) is 43.1 Å². The maximum atomic E-state index is 12.3. The Morgan fingerprint density at radius 3 is 2.50 bits per heavy atom. The molecule has 0 amide bonds. The minimum atomic E-state index is -0.165. The van der Waals surface area contributed by atoms with E-state index in [9.17, 15) is 4.79 Å². The fourth-order valence-corrected chi connectivity index (χ4v) is 4.81. The smallest absolute Gasteiger partial charge is 0.135 e. The number of rotatable bonds is 2. The molecule has 1 saturated carbocycles. The van der Waals surface area contributed by atoms with Crippen LogP contribution in [0.25, 0.3) is 0 Å². The number of hydrogen-bond donors (Lipinski definition) is 0. The largest absolute Gasteiger partial charge is 0.365 e. The molecule has 1 spiro atoms. The van der Waals surface area contributed by atoms with Crippen LogP contribution in [0.1, 0.15) is 65.0 Å². The minimum Gasteiger partial charge on any atom is -0.365 e. The standard InChI is InChI=1S/C20H28O2/c1-14-9-8-12-19(3,4)20(14)13-17(15(2)21)18(22-20)16-10-6-5-7-11-16/h5-7,10-11,14,17-18H,8-9,12-13H2,1-4H3/t14-,17?,18?,20-/m0/s1. The van der Waals surface area contributed by atoms with E-state index in [4.69, 9.17) is 4.74 Å². The van der Waals surface area contributed by atoms with E-state index in [2.05, 4.69) is 32.9 Å². The number of benzene rings is 1. The zero-order chi connectivity index (χ0) is 16.0. The van der Waals surface area contributed by atoms with Gasteiger partial charge in [0.1, 0.15) is 5.78 Å². The van der Waals surface area contributed by atoms with Crippen molar-refractivity contribution >= 4 is 5.78 Å². The SMILES string of the molecule is CC(=O)C1C[C@]2(OC1c1ccccc1)[C@@H](C)CCCC2(C)C. The Balaban J connectivity index is 2.01. The first-order valence-corrected chi connectivity index (χ1v) is 8.60. The first-order valence-electron chi connectivity index (χ1n) is 8.60. The molecule has 1 aromatic rings. The lowest BCUT2D eigenvalue weighted by Gasteiger charge is -2.51. The molecular weight excluding hydrogens is 272 g/mol. The predicted molar refractivity (Wildman–Crippen MR) is 88.6 cm³/mol. The van der Waals surface area contributed by atoms with Gasteiger partial charge in [0.15, 0.2) is 0 Å². The van der Waals surface area contributed by atoms with Crippen LogP contribution in [0.5, 0.6) is 0 Å². The average molecular weight is 300 g/mol. The molecule has 1 aliphatic carbocycles. The van der Waals surface area contributed by atoms with Gasteiger partial charge in [0, 0.05) is 0 Å². The zero-order valence-corrected chi connectivity index (χ0v) is 14.3. The Morgan fingerprint density at radius 1 is 1.23 bits per heavy atom. The third kappa shape index (κ3) is 2.32. The van der Waals surface area contributed by atoms with Crippen molar-refractivity contribution in [3.05, 3.63) is 35.9 Å². The molecule has 4 atom stereocenters. The molecule has 2 heteroatoms. The number of ether oxygens (including phenoxy) is 1. The Hall–Kier alpha value is -1.15. The highest BCUT2D eigenvalue weighted by atomic mass is 16.5. The summed E-state index contributed by atoms with van der Waals surface area (Å²) in [7, 11) is 0. The van der Waals surface area contributed by atoms with Crippen molar-refractivity contribution in [2.75, 3.05) is 0 Å². The lowest BCUT2D eigenvalue weighted by Crippen LogP contribution is -2.52. The summed E-state index contributed by atoms with van der Waals surface area (Å²) in [6, 6.07) is 10.3. The second-order valence-electron chi connectivity index (χ2n) is 7.94. The summed E-state index contributed by atoms with van der Waals surface area (Å²) in [5, 5.41) is 0. The van der Waals surface area contributed by atoms with Crippen LogP contribution in [0, 0.1) is 17.3 Å². The van der Waals surface area contributed by atoms with Crippen molar-refractivity contribution in [1.29, 1.82) is 0 Å². The third-order valence-electron chi connectivity index (χ3n) is 6.26. The normalized spacial score (nSPS) is 37.4. The van der Waals surface area contributed by atoms with E-state index in [1.54, 1.807) is 6.92 Å². The number of carbonyl (C=O) groups excluding carboxylic acids is 1. The fraction of sp³-hybridized carbons (Fsp3) is 0.650. The molecule has 2 unspecified atom stereocenters. The summed E-state index contributed by atoms with van der Waals surface area (Å²) >= 11 is 0. The average Bonchev–Trinajstić information content (AvgIpc) is 2.89. The quantitative estimate of drug-likeness (QED) is 0.773. The van der Waals surface area contributed by atoms with Gasteiger partial charge >= 0.3 is 0 Å². The van der Waals surface area contributed by atoms with Gasteiger partial charge in [0.25, 0.3) is 0 Å². The third-order valence-corrected chi connectivity index (χ3v) is 6.26. The molecule has 0 radical (unpaired) electrons. The van der Waals surface area contributed by atoms with Crippen molar-refractivity contribution in [2.24, 2.45) is 17.3 Å². The maximum Gasteiger partial charge on any atom is 0.135 e. The van der Waals surface area contributed by atoms with E-state index in [-0.39, 0.29) is 28.8 Å². The number of ketones is 1. The van der Waals surface area contributed by atoms with Gasteiger partial charge in [-0.1, -0.05) is 57.5 Å². The van der Waals surface area contributed by atoms with Crippen molar-refractivity contribution in [1.82, 2.24) is 0 Å². The number of carbonyl (C=O) groups is 1. The van der Waals surface area contributed by atoms with Gasteiger partial charge in [0.2, 0.25) is 0 Å². The fourth-order valence-electron chi connectivity index (χ4n) is 4.81. The molecule has 1 aromatic carbocycles. The van der Waals surface area contributed by atoms with E-state index in [0.29, 0.717) is 5.92 Å². The summed E-state index contributed by atoms with van der Waals surface area (Å²) in [6.07, 6.45) is 4.44. The van der Waals surface area contributed by atoms with Crippen LogP contribution in [0.2, 0.25) is 0 Å². The zero-order valence-electron chi connectivity index (χ0n) is 14.3. The Kier molecular flexibility index (Phi) is 3.92. The molecule has 2 fully saturated rings. The highest BCUT2D eigenvalue weighted by Crippen LogP contribution is 2.59. The van der Waals surface area contributed by atoms with E-state index < -0.39 is 0 Å². The molecule has 2 aliphatic rings. The lowest BCUT2D eigenvalue weighted by atomic mass is 9.59. The maximum absolute atomic E-state index is 12.3. The Morgan fingerprint density at radius 2 is 1.91 bits per heavy atom. The van der Waals surface area contributed by atoms with Gasteiger partial charge in [-0.15, -0.1) is 0 Å². The van der Waals surface area contributed by atoms with E-state index >= 15 is 0 Å². The highest BCUT2D eigenvalue weighted by molar-refractivity contribution is 5.79. The first-order chi connectivity index (χ1) is 10.4. The summed E-state index contributed by atoms with van der Waals surface area (Å²) in [6.45, 7) is 8.69. The number of hydrogen-bond acceptors (Lipinski definition) is 2. The second kappa shape index (κ2) is 5.49. The molecule has 1 heterocycles. The van der Waals surface area contributed by atoms with Gasteiger partial charge in [-0.3, -0.25) is 4.79 Å². The second-order valence-corrected chi connectivity index (χ2v) is 7.94. The molecule has 120 valence electrons.